The largest absolute Gasteiger partial charge is 0.497 e. The second-order valence-electron chi connectivity index (χ2n) is 7.36. The van der Waals surface area contributed by atoms with Gasteiger partial charge in [0.25, 0.3) is 5.91 Å². The van der Waals surface area contributed by atoms with Crippen molar-refractivity contribution < 1.29 is 14.3 Å². The second-order valence-corrected chi connectivity index (χ2v) is 8.62. The molecule has 0 saturated carbocycles. The topological polar surface area (TPSA) is 72.5 Å². The van der Waals surface area contributed by atoms with E-state index in [9.17, 15) is 4.79 Å². The third kappa shape index (κ3) is 5.15. The van der Waals surface area contributed by atoms with E-state index in [0.717, 1.165) is 21.0 Å². The van der Waals surface area contributed by atoms with E-state index in [0.29, 0.717) is 22.9 Å². The van der Waals surface area contributed by atoms with Gasteiger partial charge in [0.1, 0.15) is 22.3 Å². The van der Waals surface area contributed by atoms with Crippen molar-refractivity contribution in [3.63, 3.8) is 0 Å². The zero-order valence-electron chi connectivity index (χ0n) is 18.7. The first kappa shape index (κ1) is 22.4. The first-order valence-corrected chi connectivity index (χ1v) is 11.3. The molecule has 2 N–H and O–H groups in total. The smallest absolute Gasteiger partial charge is 0.256 e. The second kappa shape index (κ2) is 10.2. The number of benzene rings is 2. The Kier molecular flexibility index (Phi) is 6.90. The van der Waals surface area contributed by atoms with Crippen LogP contribution in [0.3, 0.4) is 0 Å². The summed E-state index contributed by atoms with van der Waals surface area (Å²) in [4.78, 5) is 18.4. The monoisotopic (exact) mass is 459 g/mol. The number of nitrogens with one attached hydrogen (secondary N) is 2. The summed E-state index contributed by atoms with van der Waals surface area (Å²) in [6, 6.07) is 22.4. The van der Waals surface area contributed by atoms with Gasteiger partial charge in [-0.3, -0.25) is 4.79 Å². The number of thiophene rings is 1. The lowest BCUT2D eigenvalue weighted by Gasteiger charge is -2.23. The Labute approximate surface area is 197 Å². The van der Waals surface area contributed by atoms with Crippen LogP contribution in [0.15, 0.2) is 79.0 Å². The van der Waals surface area contributed by atoms with Gasteiger partial charge in [-0.05, 0) is 49.4 Å². The molecular formula is C26H25N3O3S. The highest BCUT2D eigenvalue weighted by atomic mass is 32.1. The van der Waals surface area contributed by atoms with Gasteiger partial charge in [-0.2, -0.15) is 0 Å². The fourth-order valence-corrected chi connectivity index (χ4v) is 4.53. The third-order valence-corrected chi connectivity index (χ3v) is 6.15. The molecule has 7 heteroatoms. The molecule has 2 aromatic heterocycles. The molecule has 0 bridgehead atoms. The molecule has 0 saturated heterocycles. The average Bonchev–Trinajstić information content (AvgIpc) is 3.22. The predicted molar refractivity (Wildman–Crippen MR) is 133 cm³/mol. The van der Waals surface area contributed by atoms with Crippen LogP contribution >= 0.6 is 11.3 Å². The molecule has 4 aromatic rings. The van der Waals surface area contributed by atoms with Crippen molar-refractivity contribution in [2.75, 3.05) is 24.9 Å². The first-order chi connectivity index (χ1) is 16.1. The molecule has 33 heavy (non-hydrogen) atoms. The molecule has 1 atom stereocenters. The number of aryl methyl sites for hydroxylation is 1. The number of anilines is 2. The fraction of sp³-hybridized carbons (Fsp3) is 0.154. The van der Waals surface area contributed by atoms with E-state index in [4.69, 9.17) is 9.47 Å². The Balaban J connectivity index is 1.78. The predicted octanol–water partition coefficient (Wildman–Crippen LogP) is 5.92. The van der Waals surface area contributed by atoms with E-state index in [2.05, 4.69) is 21.7 Å². The Morgan fingerprint density at radius 1 is 0.939 bits per heavy atom. The molecule has 0 aliphatic carbocycles. The summed E-state index contributed by atoms with van der Waals surface area (Å²) in [5.41, 5.74) is 2.43. The number of amides is 1. The van der Waals surface area contributed by atoms with Crippen molar-refractivity contribution in [3.8, 4) is 11.5 Å². The van der Waals surface area contributed by atoms with E-state index in [1.807, 2.05) is 61.5 Å². The van der Waals surface area contributed by atoms with Crippen molar-refractivity contribution in [2.45, 2.75) is 13.0 Å². The number of carbonyl (C=O) groups is 1. The van der Waals surface area contributed by atoms with Crippen LogP contribution in [0.5, 0.6) is 11.5 Å². The number of carbonyl (C=O) groups excluding carboxylic acids is 1. The Morgan fingerprint density at radius 2 is 1.73 bits per heavy atom. The summed E-state index contributed by atoms with van der Waals surface area (Å²) in [6.07, 6.45) is 1.74. The van der Waals surface area contributed by atoms with Crippen molar-refractivity contribution in [1.29, 1.82) is 0 Å². The molecule has 168 valence electrons. The van der Waals surface area contributed by atoms with Gasteiger partial charge in [-0.25, -0.2) is 4.98 Å². The average molecular weight is 460 g/mol. The summed E-state index contributed by atoms with van der Waals surface area (Å²) >= 11 is 1.53. The van der Waals surface area contributed by atoms with E-state index in [1.54, 1.807) is 32.5 Å². The molecule has 4 rings (SSSR count). The van der Waals surface area contributed by atoms with Crippen LogP contribution in [0, 0.1) is 6.92 Å². The normalized spacial score (nSPS) is 11.5. The number of hydrogen-bond acceptors (Lipinski definition) is 6. The molecule has 2 heterocycles. The van der Waals surface area contributed by atoms with Crippen LogP contribution in [-0.2, 0) is 0 Å². The van der Waals surface area contributed by atoms with Crippen molar-refractivity contribution in [3.05, 3.63) is 101 Å². The first-order valence-electron chi connectivity index (χ1n) is 10.4. The number of hydrogen-bond donors (Lipinski definition) is 2. The van der Waals surface area contributed by atoms with Crippen LogP contribution in [0.1, 0.15) is 32.4 Å². The molecule has 0 aliphatic heterocycles. The summed E-state index contributed by atoms with van der Waals surface area (Å²) in [6.45, 7) is 2.02. The maximum absolute atomic E-state index is 12.9. The van der Waals surface area contributed by atoms with Crippen LogP contribution in [0.25, 0.3) is 0 Å². The number of pyridine rings is 1. The zero-order chi connectivity index (χ0) is 23.2. The number of rotatable bonds is 8. The highest BCUT2D eigenvalue weighted by Gasteiger charge is 2.25. The van der Waals surface area contributed by atoms with Gasteiger partial charge in [-0.15, -0.1) is 11.3 Å². The van der Waals surface area contributed by atoms with Crippen LogP contribution in [0.4, 0.5) is 10.8 Å². The van der Waals surface area contributed by atoms with Gasteiger partial charge in [0.15, 0.2) is 0 Å². The van der Waals surface area contributed by atoms with Gasteiger partial charge in [0.2, 0.25) is 0 Å². The summed E-state index contributed by atoms with van der Waals surface area (Å²) in [5, 5.41) is 7.38. The molecule has 0 fully saturated rings. The van der Waals surface area contributed by atoms with Crippen LogP contribution in [-0.4, -0.2) is 25.1 Å². The minimum Gasteiger partial charge on any atom is -0.497 e. The molecule has 0 aliphatic rings. The van der Waals surface area contributed by atoms with E-state index >= 15 is 0 Å². The van der Waals surface area contributed by atoms with Gasteiger partial charge in [0.05, 0.1) is 20.3 Å². The van der Waals surface area contributed by atoms with Gasteiger partial charge < -0.3 is 20.1 Å². The van der Waals surface area contributed by atoms with Crippen molar-refractivity contribution in [1.82, 2.24) is 4.98 Å². The summed E-state index contributed by atoms with van der Waals surface area (Å²) in [7, 11) is 3.25. The molecule has 1 amide bonds. The lowest BCUT2D eigenvalue weighted by Crippen LogP contribution is -2.17. The quantitative estimate of drug-likeness (QED) is 0.342. The third-order valence-electron chi connectivity index (χ3n) is 5.17. The zero-order valence-corrected chi connectivity index (χ0v) is 19.5. The highest BCUT2D eigenvalue weighted by Crippen LogP contribution is 2.41. The Hall–Kier alpha value is -3.84. The van der Waals surface area contributed by atoms with Gasteiger partial charge in [-0.1, -0.05) is 24.3 Å². The number of aromatic nitrogens is 1. The number of nitrogens with zero attached hydrogens (tertiary/aromatic N) is 1. The molecule has 0 spiro atoms. The maximum atomic E-state index is 12.9. The minimum absolute atomic E-state index is 0.156. The van der Waals surface area contributed by atoms with Crippen LogP contribution in [0.2, 0.25) is 0 Å². The lowest BCUT2D eigenvalue weighted by atomic mass is 9.98. The molecule has 0 radical (unpaired) electrons. The Morgan fingerprint density at radius 3 is 2.42 bits per heavy atom. The molecular weight excluding hydrogens is 434 g/mol. The number of methoxy groups -OCH3 is 2. The van der Waals surface area contributed by atoms with Crippen LogP contribution < -0.4 is 20.1 Å². The highest BCUT2D eigenvalue weighted by molar-refractivity contribution is 7.16. The summed E-state index contributed by atoms with van der Waals surface area (Å²) in [5.74, 6) is 1.93. The van der Waals surface area contributed by atoms with E-state index in [1.165, 1.54) is 11.3 Å². The number of ether oxygens (including phenoxy) is 2. The SMILES string of the molecule is COc1ccc([C@H](Nc2ccccn2)c2cc(C)sc2NC(=O)c2ccccc2)c(OC)c1. The minimum atomic E-state index is -0.322. The van der Waals surface area contributed by atoms with Crippen molar-refractivity contribution >= 4 is 28.1 Å². The van der Waals surface area contributed by atoms with E-state index in [-0.39, 0.29) is 11.9 Å². The Bertz CT molecular complexity index is 1230. The molecule has 0 unspecified atom stereocenters. The van der Waals surface area contributed by atoms with E-state index < -0.39 is 0 Å². The molecule has 2 aromatic carbocycles. The fourth-order valence-electron chi connectivity index (χ4n) is 3.59. The summed E-state index contributed by atoms with van der Waals surface area (Å²) < 4.78 is 11.1. The standard InChI is InChI=1S/C26H25N3O3S/c1-17-15-21(26(33-17)29-25(30)18-9-5-4-6-10-18)24(28-23-11-7-8-14-27-23)20-13-12-19(31-2)16-22(20)32-3/h4-16,24H,1-3H3,(H,27,28)(H,29,30)/t24-/m0/s1. The lowest BCUT2D eigenvalue weighted by molar-refractivity contribution is 0.102. The maximum Gasteiger partial charge on any atom is 0.256 e. The van der Waals surface area contributed by atoms with Gasteiger partial charge >= 0.3 is 0 Å². The molecule has 6 nitrogen and oxygen atoms in total. The van der Waals surface area contributed by atoms with Gasteiger partial charge in [0, 0.05) is 33.8 Å². The van der Waals surface area contributed by atoms with Crippen molar-refractivity contribution in [2.24, 2.45) is 0 Å².